The number of aryl methyl sites for hydroxylation is 2. The van der Waals surface area contributed by atoms with Crippen molar-refractivity contribution in [2.24, 2.45) is 0 Å². The molecular formula is C17H18O3. The molecule has 104 valence electrons. The topological polar surface area (TPSA) is 35.5 Å². The van der Waals surface area contributed by atoms with Gasteiger partial charge in [0.1, 0.15) is 17.1 Å². The van der Waals surface area contributed by atoms with Crippen molar-refractivity contribution in [2.45, 2.75) is 13.8 Å². The lowest BCUT2D eigenvalue weighted by Crippen LogP contribution is -2.09. The first-order chi connectivity index (χ1) is 9.60. The van der Waals surface area contributed by atoms with Crippen LogP contribution in [0.2, 0.25) is 0 Å². The molecule has 3 nitrogen and oxygen atoms in total. The number of ketones is 1. The number of rotatable bonds is 4. The monoisotopic (exact) mass is 270 g/mol. The van der Waals surface area contributed by atoms with E-state index in [1.165, 1.54) is 0 Å². The quantitative estimate of drug-likeness (QED) is 0.797. The Morgan fingerprint density at radius 2 is 1.25 bits per heavy atom. The van der Waals surface area contributed by atoms with Crippen LogP contribution in [0, 0.1) is 13.8 Å². The molecule has 0 unspecified atom stereocenters. The van der Waals surface area contributed by atoms with Gasteiger partial charge in [0.15, 0.2) is 0 Å². The number of methoxy groups -OCH3 is 2. The molecule has 0 radical (unpaired) electrons. The maximum atomic E-state index is 12.9. The van der Waals surface area contributed by atoms with Gasteiger partial charge in [0.2, 0.25) is 5.78 Å². The second-order valence-electron chi connectivity index (χ2n) is 4.63. The van der Waals surface area contributed by atoms with E-state index >= 15 is 0 Å². The molecule has 0 aliphatic rings. The van der Waals surface area contributed by atoms with Crippen molar-refractivity contribution in [3.05, 3.63) is 58.7 Å². The van der Waals surface area contributed by atoms with Gasteiger partial charge in [-0.1, -0.05) is 24.3 Å². The molecule has 3 heteroatoms. The predicted octanol–water partition coefficient (Wildman–Crippen LogP) is 3.55. The minimum absolute atomic E-state index is 0.0742. The molecule has 0 fully saturated rings. The maximum Gasteiger partial charge on any atom is 0.201 e. The van der Waals surface area contributed by atoms with Gasteiger partial charge in [-0.05, 0) is 37.1 Å². The largest absolute Gasteiger partial charge is 0.496 e. The maximum absolute atomic E-state index is 12.9. The van der Waals surface area contributed by atoms with Crippen molar-refractivity contribution >= 4 is 5.78 Å². The summed E-state index contributed by atoms with van der Waals surface area (Å²) >= 11 is 0. The minimum atomic E-state index is -0.0742. The second-order valence-corrected chi connectivity index (χ2v) is 4.63. The van der Waals surface area contributed by atoms with Crippen molar-refractivity contribution in [1.29, 1.82) is 0 Å². The molecule has 0 spiro atoms. The average molecular weight is 270 g/mol. The smallest absolute Gasteiger partial charge is 0.201 e. The van der Waals surface area contributed by atoms with E-state index in [-0.39, 0.29) is 5.78 Å². The Bertz CT molecular complexity index is 602. The van der Waals surface area contributed by atoms with E-state index in [0.717, 1.165) is 11.1 Å². The van der Waals surface area contributed by atoms with Crippen LogP contribution in [0.5, 0.6) is 11.5 Å². The third-order valence-corrected chi connectivity index (χ3v) is 3.36. The third-order valence-electron chi connectivity index (χ3n) is 3.36. The molecule has 0 N–H and O–H groups in total. The van der Waals surface area contributed by atoms with Crippen LogP contribution in [0.4, 0.5) is 0 Å². The van der Waals surface area contributed by atoms with E-state index in [4.69, 9.17) is 9.47 Å². The van der Waals surface area contributed by atoms with Crippen LogP contribution < -0.4 is 9.47 Å². The van der Waals surface area contributed by atoms with Crippen LogP contribution in [0.25, 0.3) is 0 Å². The summed E-state index contributed by atoms with van der Waals surface area (Å²) in [6, 6.07) is 11.1. The number of benzene rings is 2. The number of hydrogen-bond acceptors (Lipinski definition) is 3. The Morgan fingerprint density at radius 1 is 0.800 bits per heavy atom. The van der Waals surface area contributed by atoms with Crippen LogP contribution >= 0.6 is 0 Å². The highest BCUT2D eigenvalue weighted by Crippen LogP contribution is 2.32. The molecule has 0 saturated heterocycles. The zero-order valence-corrected chi connectivity index (χ0v) is 12.2. The van der Waals surface area contributed by atoms with E-state index in [1.807, 2.05) is 32.0 Å². The van der Waals surface area contributed by atoms with Gasteiger partial charge in [-0.2, -0.15) is 0 Å². The summed E-state index contributed by atoms with van der Waals surface area (Å²) in [6.45, 7) is 3.87. The van der Waals surface area contributed by atoms with E-state index < -0.39 is 0 Å². The fourth-order valence-electron chi connectivity index (χ4n) is 2.37. The lowest BCUT2D eigenvalue weighted by atomic mass is 9.94. The van der Waals surface area contributed by atoms with Crippen LogP contribution in [0.3, 0.4) is 0 Å². The van der Waals surface area contributed by atoms with Crippen molar-refractivity contribution in [1.82, 2.24) is 0 Å². The van der Waals surface area contributed by atoms with Gasteiger partial charge in [0, 0.05) is 5.56 Å². The van der Waals surface area contributed by atoms with E-state index in [0.29, 0.717) is 22.6 Å². The highest BCUT2D eigenvalue weighted by molar-refractivity contribution is 6.14. The van der Waals surface area contributed by atoms with Crippen LogP contribution in [0.15, 0.2) is 36.4 Å². The minimum Gasteiger partial charge on any atom is -0.496 e. The average Bonchev–Trinajstić information content (AvgIpc) is 2.45. The Balaban J connectivity index is 2.65. The first kappa shape index (κ1) is 14.1. The summed E-state index contributed by atoms with van der Waals surface area (Å²) < 4.78 is 10.6. The number of ether oxygens (including phenoxy) is 2. The lowest BCUT2D eigenvalue weighted by Gasteiger charge is -2.14. The van der Waals surface area contributed by atoms with Gasteiger partial charge in [-0.15, -0.1) is 0 Å². The van der Waals surface area contributed by atoms with E-state index in [1.54, 1.807) is 32.4 Å². The standard InChI is InChI=1S/C17H18O3/c1-11-7-5-8-12(2)15(11)17(18)16-13(19-3)9-6-10-14(16)20-4/h5-10H,1-4H3. The van der Waals surface area contributed by atoms with Gasteiger partial charge in [-0.3, -0.25) is 4.79 Å². The summed E-state index contributed by atoms with van der Waals surface area (Å²) in [7, 11) is 3.10. The molecule has 0 bridgehead atoms. The zero-order valence-electron chi connectivity index (χ0n) is 12.2. The van der Waals surface area contributed by atoms with Crippen molar-refractivity contribution < 1.29 is 14.3 Å². The number of carbonyl (C=O) groups is 1. The summed E-state index contributed by atoms with van der Waals surface area (Å²) in [5, 5.41) is 0. The van der Waals surface area contributed by atoms with Crippen molar-refractivity contribution in [3.63, 3.8) is 0 Å². The highest BCUT2D eigenvalue weighted by Gasteiger charge is 2.22. The highest BCUT2D eigenvalue weighted by atomic mass is 16.5. The SMILES string of the molecule is COc1cccc(OC)c1C(=O)c1c(C)cccc1C. The molecular weight excluding hydrogens is 252 g/mol. The van der Waals surface area contributed by atoms with Crippen LogP contribution in [-0.2, 0) is 0 Å². The van der Waals surface area contributed by atoms with Gasteiger partial charge >= 0.3 is 0 Å². The van der Waals surface area contributed by atoms with Gasteiger partial charge in [-0.25, -0.2) is 0 Å². The fraction of sp³-hybridized carbons (Fsp3) is 0.235. The van der Waals surface area contributed by atoms with E-state index in [2.05, 4.69) is 0 Å². The van der Waals surface area contributed by atoms with Gasteiger partial charge < -0.3 is 9.47 Å². The first-order valence-electron chi connectivity index (χ1n) is 6.42. The molecule has 0 amide bonds. The van der Waals surface area contributed by atoms with Crippen molar-refractivity contribution in [2.75, 3.05) is 14.2 Å². The summed E-state index contributed by atoms with van der Waals surface area (Å²) in [5.41, 5.74) is 3.07. The Hall–Kier alpha value is -2.29. The van der Waals surface area contributed by atoms with Crippen molar-refractivity contribution in [3.8, 4) is 11.5 Å². The predicted molar refractivity (Wildman–Crippen MR) is 78.9 cm³/mol. The lowest BCUT2D eigenvalue weighted by molar-refractivity contribution is 0.103. The molecule has 0 saturated carbocycles. The van der Waals surface area contributed by atoms with Crippen LogP contribution in [0.1, 0.15) is 27.0 Å². The van der Waals surface area contributed by atoms with E-state index in [9.17, 15) is 4.79 Å². The first-order valence-corrected chi connectivity index (χ1v) is 6.42. The molecule has 0 heterocycles. The summed E-state index contributed by atoms with van der Waals surface area (Å²) in [5.74, 6) is 0.976. The molecule has 0 atom stereocenters. The molecule has 2 rings (SSSR count). The van der Waals surface area contributed by atoms with Gasteiger partial charge in [0.25, 0.3) is 0 Å². The molecule has 0 aliphatic carbocycles. The number of hydrogen-bond donors (Lipinski definition) is 0. The zero-order chi connectivity index (χ0) is 14.7. The number of carbonyl (C=O) groups excluding carboxylic acids is 1. The molecule has 0 aromatic heterocycles. The fourth-order valence-corrected chi connectivity index (χ4v) is 2.37. The Labute approximate surface area is 119 Å². The molecule has 2 aromatic rings. The molecule has 2 aromatic carbocycles. The normalized spacial score (nSPS) is 10.2. The second kappa shape index (κ2) is 5.78. The molecule has 0 aliphatic heterocycles. The van der Waals surface area contributed by atoms with Crippen LogP contribution in [-0.4, -0.2) is 20.0 Å². The third kappa shape index (κ3) is 2.39. The van der Waals surface area contributed by atoms with Gasteiger partial charge in [0.05, 0.1) is 14.2 Å². The molecule has 20 heavy (non-hydrogen) atoms. The summed E-state index contributed by atoms with van der Waals surface area (Å²) in [6.07, 6.45) is 0. The Kier molecular flexibility index (Phi) is 4.08. The summed E-state index contributed by atoms with van der Waals surface area (Å²) in [4.78, 5) is 12.9. The Morgan fingerprint density at radius 3 is 1.70 bits per heavy atom.